The number of carbonyl (C=O) groups excluding carboxylic acids is 2. The van der Waals surface area contributed by atoms with Crippen LogP contribution in [0.4, 0.5) is 4.79 Å². The summed E-state index contributed by atoms with van der Waals surface area (Å²) in [7, 11) is 0. The average molecular weight is 494 g/mol. The van der Waals surface area contributed by atoms with Gasteiger partial charge < -0.3 is 9.64 Å². The van der Waals surface area contributed by atoms with Crippen LogP contribution in [0.3, 0.4) is 0 Å². The minimum atomic E-state index is -0.595. The first kappa shape index (κ1) is 25.2. The van der Waals surface area contributed by atoms with Crippen molar-refractivity contribution in [3.05, 3.63) is 5.82 Å². The predicted molar refractivity (Wildman–Crippen MR) is 131 cm³/mol. The molecule has 11 heteroatoms. The third-order valence-electron chi connectivity index (χ3n) is 6.70. The first-order valence-electron chi connectivity index (χ1n) is 12.3. The molecule has 2 atom stereocenters. The second-order valence-electron chi connectivity index (χ2n) is 11.6. The van der Waals surface area contributed by atoms with E-state index in [2.05, 4.69) is 41.1 Å². The first-order chi connectivity index (χ1) is 15.9. The topological polar surface area (TPSA) is 96.7 Å². The Morgan fingerprint density at radius 3 is 2.32 bits per heavy atom. The van der Waals surface area contributed by atoms with Crippen molar-refractivity contribution < 1.29 is 14.3 Å². The van der Waals surface area contributed by atoms with E-state index in [0.29, 0.717) is 18.8 Å². The summed E-state index contributed by atoms with van der Waals surface area (Å²) in [5.41, 5.74) is -0.779. The van der Waals surface area contributed by atoms with Crippen LogP contribution >= 0.6 is 11.8 Å². The number of likely N-dealkylation sites (tertiary alicyclic amines) is 2. The molecule has 3 saturated heterocycles. The molecule has 4 rings (SSSR count). The number of hydrogen-bond acceptors (Lipinski definition) is 8. The van der Waals surface area contributed by atoms with Crippen LogP contribution in [0.1, 0.15) is 72.5 Å². The van der Waals surface area contributed by atoms with Gasteiger partial charge in [-0.15, -0.1) is 22.0 Å². The molecule has 0 spiro atoms. The number of thioether (sulfide) groups is 1. The lowest BCUT2D eigenvalue weighted by molar-refractivity contribution is -0.134. The van der Waals surface area contributed by atoms with Crippen LogP contribution in [-0.2, 0) is 15.1 Å². The average Bonchev–Trinajstić information content (AvgIpc) is 3.52. The van der Waals surface area contributed by atoms with E-state index in [1.807, 2.05) is 25.7 Å². The zero-order valence-electron chi connectivity index (χ0n) is 21.4. The van der Waals surface area contributed by atoms with E-state index in [1.165, 1.54) is 0 Å². The number of aromatic nitrogens is 4. The van der Waals surface area contributed by atoms with Gasteiger partial charge in [-0.25, -0.2) is 4.79 Å². The smallest absolute Gasteiger partial charge is 0.411 e. The van der Waals surface area contributed by atoms with Crippen LogP contribution in [0, 0.1) is 0 Å². The van der Waals surface area contributed by atoms with E-state index in [-0.39, 0.29) is 23.4 Å². The molecular weight excluding hydrogens is 454 g/mol. The maximum atomic E-state index is 13.3. The van der Waals surface area contributed by atoms with E-state index in [0.717, 1.165) is 44.1 Å². The Labute approximate surface area is 206 Å². The quantitative estimate of drug-likeness (QED) is 0.634. The molecule has 3 fully saturated rings. The van der Waals surface area contributed by atoms with E-state index in [9.17, 15) is 9.59 Å². The second kappa shape index (κ2) is 9.64. The van der Waals surface area contributed by atoms with Crippen LogP contribution < -0.4 is 0 Å². The first-order valence-corrected chi connectivity index (χ1v) is 13.5. The number of piperidine rings is 1. The Kier molecular flexibility index (Phi) is 7.15. The van der Waals surface area contributed by atoms with Gasteiger partial charge >= 0.3 is 6.09 Å². The van der Waals surface area contributed by atoms with Crippen molar-refractivity contribution in [1.82, 2.24) is 34.9 Å². The number of nitrogens with zero attached hydrogens (tertiary/aromatic N) is 7. The van der Waals surface area contributed by atoms with Crippen molar-refractivity contribution >= 4 is 23.8 Å². The normalized spacial score (nSPS) is 25.2. The van der Waals surface area contributed by atoms with Gasteiger partial charge in [0, 0.05) is 30.8 Å². The van der Waals surface area contributed by atoms with E-state index in [1.54, 1.807) is 21.5 Å². The Hall–Kier alpha value is -1.88. The molecule has 0 bridgehead atoms. The minimum absolute atomic E-state index is 0.0521. The Morgan fingerprint density at radius 1 is 1.06 bits per heavy atom. The van der Waals surface area contributed by atoms with Crippen LogP contribution in [0.25, 0.3) is 0 Å². The number of ether oxygens (including phenoxy) is 1. The lowest BCUT2D eigenvalue weighted by Crippen LogP contribution is -2.48. The van der Waals surface area contributed by atoms with Crippen molar-refractivity contribution in [2.24, 2.45) is 0 Å². The maximum Gasteiger partial charge on any atom is 0.411 e. The lowest BCUT2D eigenvalue weighted by Gasteiger charge is -2.35. The summed E-state index contributed by atoms with van der Waals surface area (Å²) < 4.78 is 5.67. The third-order valence-corrected chi connectivity index (χ3v) is 7.66. The Bertz CT molecular complexity index is 880. The van der Waals surface area contributed by atoms with Gasteiger partial charge in [-0.05, 0) is 79.1 Å². The second-order valence-corrected chi connectivity index (χ2v) is 12.7. The van der Waals surface area contributed by atoms with Gasteiger partial charge in [0.25, 0.3) is 0 Å². The van der Waals surface area contributed by atoms with Gasteiger partial charge in [-0.2, -0.15) is 4.80 Å². The molecule has 34 heavy (non-hydrogen) atoms. The Balaban J connectivity index is 1.41. The lowest BCUT2D eigenvalue weighted by atomic mass is 9.94. The highest BCUT2D eigenvalue weighted by Gasteiger charge is 2.45. The zero-order chi connectivity index (χ0) is 24.7. The molecule has 4 heterocycles. The van der Waals surface area contributed by atoms with Gasteiger partial charge in [-0.3, -0.25) is 14.6 Å². The van der Waals surface area contributed by atoms with Crippen LogP contribution in [0.15, 0.2) is 0 Å². The molecule has 1 aromatic rings. The largest absolute Gasteiger partial charge is 0.444 e. The molecule has 10 nitrogen and oxygen atoms in total. The molecule has 2 amide bonds. The van der Waals surface area contributed by atoms with Gasteiger partial charge in [-0.1, -0.05) is 0 Å². The van der Waals surface area contributed by atoms with E-state index < -0.39 is 17.7 Å². The minimum Gasteiger partial charge on any atom is -0.444 e. The fourth-order valence-electron chi connectivity index (χ4n) is 4.83. The summed E-state index contributed by atoms with van der Waals surface area (Å²) in [5, 5.41) is 13.2. The summed E-state index contributed by atoms with van der Waals surface area (Å²) in [4.78, 5) is 34.0. The van der Waals surface area contributed by atoms with E-state index >= 15 is 0 Å². The summed E-state index contributed by atoms with van der Waals surface area (Å²) in [6, 6.07) is -0.305. The molecule has 0 aliphatic carbocycles. The van der Waals surface area contributed by atoms with Crippen molar-refractivity contribution in [3.8, 4) is 0 Å². The summed E-state index contributed by atoms with van der Waals surface area (Å²) in [6.07, 6.45) is 2.15. The van der Waals surface area contributed by atoms with Crippen molar-refractivity contribution in [3.63, 3.8) is 0 Å². The standard InChI is InChI=1S/C23H39N7O3S/c1-22(2,3)30-25-19(24-26-30)16-7-9-27(10-8-16)17-13-18(20(31)28-11-12-34-15-28)29(14-17)21(32)33-23(4,5)6/h16-18H,7-15H2,1-6H3/t17-,18-/m0/s1. The van der Waals surface area contributed by atoms with Gasteiger partial charge in [0.15, 0.2) is 5.82 Å². The molecule has 0 saturated carbocycles. The predicted octanol–water partition coefficient (Wildman–Crippen LogP) is 2.52. The number of carbonyl (C=O) groups is 2. The molecule has 0 N–H and O–H groups in total. The molecule has 3 aliphatic rings. The highest BCUT2D eigenvalue weighted by Crippen LogP contribution is 2.32. The highest BCUT2D eigenvalue weighted by atomic mass is 32.2. The van der Waals surface area contributed by atoms with E-state index in [4.69, 9.17) is 4.74 Å². The number of rotatable bonds is 3. The van der Waals surface area contributed by atoms with Gasteiger partial charge in [0.1, 0.15) is 11.6 Å². The summed E-state index contributed by atoms with van der Waals surface area (Å²) in [6.45, 7) is 14.8. The van der Waals surface area contributed by atoms with Gasteiger partial charge in [0.05, 0.1) is 11.4 Å². The van der Waals surface area contributed by atoms with Crippen molar-refractivity contribution in [2.45, 2.75) is 89.9 Å². The molecule has 3 aliphatic heterocycles. The summed E-state index contributed by atoms with van der Waals surface area (Å²) >= 11 is 1.76. The fraction of sp³-hybridized carbons (Fsp3) is 0.870. The molecule has 0 unspecified atom stereocenters. The summed E-state index contributed by atoms with van der Waals surface area (Å²) in [5.74, 6) is 2.81. The zero-order valence-corrected chi connectivity index (χ0v) is 22.2. The number of amides is 2. The van der Waals surface area contributed by atoms with Gasteiger partial charge in [0.2, 0.25) is 5.91 Å². The van der Waals surface area contributed by atoms with Crippen LogP contribution in [0.5, 0.6) is 0 Å². The maximum absolute atomic E-state index is 13.3. The molecule has 0 aromatic carbocycles. The highest BCUT2D eigenvalue weighted by molar-refractivity contribution is 7.99. The van der Waals surface area contributed by atoms with Crippen molar-refractivity contribution in [2.75, 3.05) is 37.8 Å². The Morgan fingerprint density at radius 2 is 1.76 bits per heavy atom. The fourth-order valence-corrected chi connectivity index (χ4v) is 5.78. The monoisotopic (exact) mass is 493 g/mol. The number of tetrazole rings is 1. The molecular formula is C23H39N7O3S. The molecule has 0 radical (unpaired) electrons. The van der Waals surface area contributed by atoms with Crippen LogP contribution in [-0.4, -0.2) is 102 Å². The third kappa shape index (κ3) is 5.67. The number of hydrogen-bond donors (Lipinski definition) is 0. The van der Waals surface area contributed by atoms with Crippen molar-refractivity contribution in [1.29, 1.82) is 0 Å². The SMILES string of the molecule is CC(C)(C)OC(=O)N1C[C@@H](N2CCC(c3nnn(C(C)(C)C)n3)CC2)C[C@H]1C(=O)N1CCSC1. The molecule has 190 valence electrons. The van der Waals surface area contributed by atoms with Crippen LogP contribution in [0.2, 0.25) is 0 Å². The molecule has 1 aromatic heterocycles.